The summed E-state index contributed by atoms with van der Waals surface area (Å²) in [5.74, 6) is 0.324. The van der Waals surface area contributed by atoms with Gasteiger partial charge in [-0.25, -0.2) is 0 Å². The van der Waals surface area contributed by atoms with E-state index in [4.69, 9.17) is 4.98 Å². The van der Waals surface area contributed by atoms with Crippen molar-refractivity contribution in [3.8, 4) is 6.07 Å². The summed E-state index contributed by atoms with van der Waals surface area (Å²) in [7, 11) is 0. The van der Waals surface area contributed by atoms with Crippen LogP contribution in [0.1, 0.15) is 62.5 Å². The molecule has 0 N–H and O–H groups in total. The number of rotatable bonds is 1. The summed E-state index contributed by atoms with van der Waals surface area (Å²) < 4.78 is 0. The van der Waals surface area contributed by atoms with Crippen LogP contribution >= 0.6 is 0 Å². The molecular formula is C15H20N2. The molecule has 2 heteroatoms. The number of fused-ring (bicyclic) bond motifs is 1. The van der Waals surface area contributed by atoms with Crippen molar-refractivity contribution >= 4 is 0 Å². The standard InChI is InChI=1S/C15H20N2/c1-10(2)14-12(9-16)7-11-8-15(3,4)6-5-13(11)17-14/h7,10H,5-6,8H2,1-4H3. The highest BCUT2D eigenvalue weighted by atomic mass is 14.7. The minimum Gasteiger partial charge on any atom is -0.256 e. The third-order valence-corrected chi connectivity index (χ3v) is 3.60. The van der Waals surface area contributed by atoms with Crippen molar-refractivity contribution in [2.45, 2.75) is 52.9 Å². The van der Waals surface area contributed by atoms with Crippen LogP contribution in [0.5, 0.6) is 0 Å². The van der Waals surface area contributed by atoms with E-state index in [1.807, 2.05) is 0 Å². The molecular weight excluding hydrogens is 208 g/mol. The van der Waals surface area contributed by atoms with Gasteiger partial charge < -0.3 is 0 Å². The highest BCUT2D eigenvalue weighted by Crippen LogP contribution is 2.35. The van der Waals surface area contributed by atoms with Crippen LogP contribution < -0.4 is 0 Å². The monoisotopic (exact) mass is 228 g/mol. The van der Waals surface area contributed by atoms with Gasteiger partial charge in [-0.3, -0.25) is 4.98 Å². The molecule has 2 rings (SSSR count). The minimum absolute atomic E-state index is 0.324. The molecule has 0 unspecified atom stereocenters. The molecule has 0 atom stereocenters. The lowest BCUT2D eigenvalue weighted by molar-refractivity contribution is 0.312. The van der Waals surface area contributed by atoms with Crippen LogP contribution in [0.2, 0.25) is 0 Å². The van der Waals surface area contributed by atoms with E-state index in [0.717, 1.165) is 24.1 Å². The summed E-state index contributed by atoms with van der Waals surface area (Å²) in [5, 5.41) is 9.21. The van der Waals surface area contributed by atoms with Gasteiger partial charge in [0.2, 0.25) is 0 Å². The Morgan fingerprint density at radius 3 is 2.71 bits per heavy atom. The van der Waals surface area contributed by atoms with Crippen molar-refractivity contribution in [1.82, 2.24) is 4.98 Å². The molecule has 1 aliphatic rings. The summed E-state index contributed by atoms with van der Waals surface area (Å²) in [5.41, 5.74) is 4.57. The summed E-state index contributed by atoms with van der Waals surface area (Å²) in [6.07, 6.45) is 3.28. The van der Waals surface area contributed by atoms with E-state index in [0.29, 0.717) is 11.3 Å². The molecule has 0 radical (unpaired) electrons. The molecule has 0 bridgehead atoms. The molecule has 1 aromatic heterocycles. The Kier molecular flexibility index (Phi) is 2.95. The van der Waals surface area contributed by atoms with Crippen LogP contribution in [0.25, 0.3) is 0 Å². The Bertz CT molecular complexity index is 478. The SMILES string of the molecule is CC(C)c1nc2c(cc1C#N)CC(C)(C)CC2. The second-order valence-corrected chi connectivity index (χ2v) is 6.13. The van der Waals surface area contributed by atoms with Gasteiger partial charge in [-0.2, -0.15) is 5.26 Å². The molecule has 0 saturated carbocycles. The van der Waals surface area contributed by atoms with E-state index >= 15 is 0 Å². The number of nitriles is 1. The molecule has 0 spiro atoms. The molecule has 90 valence electrons. The fraction of sp³-hybridized carbons (Fsp3) is 0.600. The number of nitrogens with zero attached hydrogens (tertiary/aromatic N) is 2. The summed E-state index contributed by atoms with van der Waals surface area (Å²) >= 11 is 0. The summed E-state index contributed by atoms with van der Waals surface area (Å²) in [6.45, 7) is 8.78. The Morgan fingerprint density at radius 1 is 1.41 bits per heavy atom. The van der Waals surface area contributed by atoms with Crippen LogP contribution in [-0.4, -0.2) is 4.98 Å². The van der Waals surface area contributed by atoms with Gasteiger partial charge in [-0.05, 0) is 42.2 Å². The normalized spacial score (nSPS) is 17.6. The van der Waals surface area contributed by atoms with Gasteiger partial charge in [0.1, 0.15) is 6.07 Å². The molecule has 0 amide bonds. The summed E-state index contributed by atoms with van der Waals surface area (Å²) in [6, 6.07) is 4.36. The van der Waals surface area contributed by atoms with Crippen molar-refractivity contribution in [1.29, 1.82) is 5.26 Å². The molecule has 0 fully saturated rings. The molecule has 0 saturated heterocycles. The first kappa shape index (κ1) is 12.1. The van der Waals surface area contributed by atoms with Gasteiger partial charge in [0.15, 0.2) is 0 Å². The van der Waals surface area contributed by atoms with Crippen LogP contribution in [0.15, 0.2) is 6.07 Å². The van der Waals surface area contributed by atoms with Gasteiger partial charge in [-0.15, -0.1) is 0 Å². The number of hydrogen-bond acceptors (Lipinski definition) is 2. The van der Waals surface area contributed by atoms with E-state index in [9.17, 15) is 5.26 Å². The Hall–Kier alpha value is -1.36. The fourth-order valence-electron chi connectivity index (χ4n) is 2.57. The van der Waals surface area contributed by atoms with Crippen molar-refractivity contribution < 1.29 is 0 Å². The number of aromatic nitrogens is 1. The van der Waals surface area contributed by atoms with Gasteiger partial charge in [0, 0.05) is 5.69 Å². The molecule has 17 heavy (non-hydrogen) atoms. The smallest absolute Gasteiger partial charge is 0.101 e. The molecule has 1 aromatic rings. The van der Waals surface area contributed by atoms with E-state index in [-0.39, 0.29) is 0 Å². The Labute approximate surface area is 104 Å². The first-order valence-electron chi connectivity index (χ1n) is 6.36. The second-order valence-electron chi connectivity index (χ2n) is 6.13. The summed E-state index contributed by atoms with van der Waals surface area (Å²) in [4.78, 5) is 4.73. The van der Waals surface area contributed by atoms with Crippen LogP contribution in [-0.2, 0) is 12.8 Å². The number of hydrogen-bond donors (Lipinski definition) is 0. The predicted octanol–water partition coefficient (Wildman–Crippen LogP) is 3.59. The number of aryl methyl sites for hydroxylation is 1. The van der Waals surface area contributed by atoms with Crippen LogP contribution in [0.3, 0.4) is 0 Å². The van der Waals surface area contributed by atoms with E-state index in [1.54, 1.807) is 0 Å². The lowest BCUT2D eigenvalue weighted by atomic mass is 9.75. The van der Waals surface area contributed by atoms with Gasteiger partial charge >= 0.3 is 0 Å². The molecule has 0 aromatic carbocycles. The van der Waals surface area contributed by atoms with Crippen LogP contribution in [0.4, 0.5) is 0 Å². The zero-order chi connectivity index (χ0) is 12.6. The maximum absolute atomic E-state index is 9.21. The predicted molar refractivity (Wildman–Crippen MR) is 68.8 cm³/mol. The van der Waals surface area contributed by atoms with Crippen molar-refractivity contribution in [3.05, 3.63) is 28.6 Å². The Balaban J connectivity index is 2.50. The maximum atomic E-state index is 9.21. The highest BCUT2D eigenvalue weighted by Gasteiger charge is 2.27. The molecule has 0 aliphatic heterocycles. The fourth-order valence-corrected chi connectivity index (χ4v) is 2.57. The third-order valence-electron chi connectivity index (χ3n) is 3.60. The lowest BCUT2D eigenvalue weighted by Gasteiger charge is -2.31. The zero-order valence-corrected chi connectivity index (χ0v) is 11.2. The molecule has 1 heterocycles. The van der Waals surface area contributed by atoms with E-state index < -0.39 is 0 Å². The highest BCUT2D eigenvalue weighted by molar-refractivity contribution is 5.41. The average molecular weight is 228 g/mol. The van der Waals surface area contributed by atoms with E-state index in [1.165, 1.54) is 17.7 Å². The van der Waals surface area contributed by atoms with Crippen molar-refractivity contribution in [3.63, 3.8) is 0 Å². The second kappa shape index (κ2) is 4.14. The van der Waals surface area contributed by atoms with Crippen molar-refractivity contribution in [2.75, 3.05) is 0 Å². The van der Waals surface area contributed by atoms with Gasteiger partial charge in [-0.1, -0.05) is 27.7 Å². The van der Waals surface area contributed by atoms with Crippen molar-refractivity contribution in [2.24, 2.45) is 5.41 Å². The Morgan fingerprint density at radius 2 is 2.12 bits per heavy atom. The van der Waals surface area contributed by atoms with Gasteiger partial charge in [0.25, 0.3) is 0 Å². The first-order chi connectivity index (χ1) is 7.93. The zero-order valence-electron chi connectivity index (χ0n) is 11.2. The number of pyridine rings is 1. The third kappa shape index (κ3) is 2.34. The minimum atomic E-state index is 0.324. The van der Waals surface area contributed by atoms with Gasteiger partial charge in [0.05, 0.1) is 11.3 Å². The lowest BCUT2D eigenvalue weighted by Crippen LogP contribution is -2.23. The topological polar surface area (TPSA) is 36.7 Å². The van der Waals surface area contributed by atoms with E-state index in [2.05, 4.69) is 39.8 Å². The largest absolute Gasteiger partial charge is 0.256 e. The quantitative estimate of drug-likeness (QED) is 0.736. The first-order valence-corrected chi connectivity index (χ1v) is 6.36. The maximum Gasteiger partial charge on any atom is 0.101 e. The molecule has 2 nitrogen and oxygen atoms in total. The average Bonchev–Trinajstić information content (AvgIpc) is 2.25. The van der Waals surface area contributed by atoms with Crippen LogP contribution in [0, 0.1) is 16.7 Å². The molecule has 1 aliphatic carbocycles.